The lowest BCUT2D eigenvalue weighted by Crippen LogP contribution is -2.18. The normalized spacial score (nSPS) is 10.5. The van der Waals surface area contributed by atoms with Gasteiger partial charge in [-0.05, 0) is 30.2 Å². The van der Waals surface area contributed by atoms with Crippen LogP contribution in [0, 0.1) is 0 Å². The minimum Gasteiger partial charge on any atom is -0.316 e. The van der Waals surface area contributed by atoms with Gasteiger partial charge in [0, 0.05) is 12.3 Å². The predicted octanol–water partition coefficient (Wildman–Crippen LogP) is 2.47. The third-order valence-electron chi connectivity index (χ3n) is 1.47. The molecule has 12 heavy (non-hydrogen) atoms. The third-order valence-corrected chi connectivity index (χ3v) is 3.36. The van der Waals surface area contributed by atoms with Crippen molar-refractivity contribution in [1.82, 2.24) is 5.32 Å². The Morgan fingerprint density at radius 3 is 2.25 bits per heavy atom. The number of rotatable bonds is 9. The Hall–Kier alpha value is 0.660. The van der Waals surface area contributed by atoms with Crippen LogP contribution in [-0.2, 0) is 0 Å². The van der Waals surface area contributed by atoms with E-state index in [9.17, 15) is 0 Å². The SMILES string of the molecule is CCSCCCNCCSCC. The molecule has 74 valence electrons. The highest BCUT2D eigenvalue weighted by Crippen LogP contribution is 1.99. The van der Waals surface area contributed by atoms with Crippen molar-refractivity contribution < 1.29 is 0 Å². The minimum atomic E-state index is 1.18. The highest BCUT2D eigenvalue weighted by molar-refractivity contribution is 7.99. The van der Waals surface area contributed by atoms with E-state index >= 15 is 0 Å². The zero-order chi connectivity index (χ0) is 9.07. The summed E-state index contributed by atoms with van der Waals surface area (Å²) < 4.78 is 0. The van der Waals surface area contributed by atoms with Gasteiger partial charge >= 0.3 is 0 Å². The average molecular weight is 207 g/mol. The van der Waals surface area contributed by atoms with Gasteiger partial charge in [0.15, 0.2) is 0 Å². The molecular weight excluding hydrogens is 186 g/mol. The van der Waals surface area contributed by atoms with E-state index in [0.717, 1.165) is 0 Å². The number of thioether (sulfide) groups is 2. The third kappa shape index (κ3) is 10.7. The van der Waals surface area contributed by atoms with E-state index in [1.807, 2.05) is 23.5 Å². The van der Waals surface area contributed by atoms with Crippen LogP contribution in [0.2, 0.25) is 0 Å². The predicted molar refractivity (Wildman–Crippen MR) is 63.5 cm³/mol. The van der Waals surface area contributed by atoms with E-state index < -0.39 is 0 Å². The molecule has 0 heterocycles. The maximum Gasteiger partial charge on any atom is 0.00579 e. The summed E-state index contributed by atoms with van der Waals surface area (Å²) in [6.45, 7) is 6.80. The van der Waals surface area contributed by atoms with Gasteiger partial charge in [-0.3, -0.25) is 0 Å². The van der Waals surface area contributed by atoms with Crippen molar-refractivity contribution in [2.24, 2.45) is 0 Å². The quantitative estimate of drug-likeness (QED) is 0.583. The van der Waals surface area contributed by atoms with Gasteiger partial charge in [-0.1, -0.05) is 13.8 Å². The van der Waals surface area contributed by atoms with Crippen molar-refractivity contribution in [1.29, 1.82) is 0 Å². The Labute approximate surface area is 85.5 Å². The summed E-state index contributed by atoms with van der Waals surface area (Å²) in [4.78, 5) is 0. The van der Waals surface area contributed by atoms with Crippen LogP contribution in [0.5, 0.6) is 0 Å². The van der Waals surface area contributed by atoms with Gasteiger partial charge in [-0.15, -0.1) is 0 Å². The maximum absolute atomic E-state index is 3.44. The van der Waals surface area contributed by atoms with Crippen LogP contribution < -0.4 is 5.32 Å². The Morgan fingerprint density at radius 1 is 0.917 bits per heavy atom. The molecular formula is C9H21NS2. The molecule has 0 saturated heterocycles. The van der Waals surface area contributed by atoms with E-state index in [1.165, 1.54) is 42.5 Å². The molecule has 0 radical (unpaired) electrons. The summed E-state index contributed by atoms with van der Waals surface area (Å²) in [6.07, 6.45) is 1.31. The second-order valence-corrected chi connectivity index (χ2v) is 5.29. The fourth-order valence-corrected chi connectivity index (χ4v) is 2.07. The lowest BCUT2D eigenvalue weighted by molar-refractivity contribution is 0.711. The Morgan fingerprint density at radius 2 is 1.58 bits per heavy atom. The lowest BCUT2D eigenvalue weighted by Gasteiger charge is -2.02. The van der Waals surface area contributed by atoms with Gasteiger partial charge in [-0.25, -0.2) is 0 Å². The van der Waals surface area contributed by atoms with E-state index in [4.69, 9.17) is 0 Å². The summed E-state index contributed by atoms with van der Waals surface area (Å²) in [5.41, 5.74) is 0. The Kier molecular flexibility index (Phi) is 12.3. The maximum atomic E-state index is 3.44. The fourth-order valence-electron chi connectivity index (χ4n) is 0.857. The molecule has 0 aliphatic heterocycles. The molecule has 0 aromatic carbocycles. The number of hydrogen-bond donors (Lipinski definition) is 1. The van der Waals surface area contributed by atoms with Gasteiger partial charge in [-0.2, -0.15) is 23.5 Å². The van der Waals surface area contributed by atoms with Crippen molar-refractivity contribution in [2.75, 3.05) is 36.1 Å². The van der Waals surface area contributed by atoms with Gasteiger partial charge in [0.2, 0.25) is 0 Å². The van der Waals surface area contributed by atoms with Gasteiger partial charge in [0.05, 0.1) is 0 Å². The minimum absolute atomic E-state index is 1.18. The van der Waals surface area contributed by atoms with E-state index in [-0.39, 0.29) is 0 Å². The highest BCUT2D eigenvalue weighted by atomic mass is 32.2. The molecule has 0 aliphatic carbocycles. The zero-order valence-electron chi connectivity index (χ0n) is 8.27. The summed E-state index contributed by atoms with van der Waals surface area (Å²) in [6, 6.07) is 0. The topological polar surface area (TPSA) is 12.0 Å². The molecule has 0 aromatic heterocycles. The van der Waals surface area contributed by atoms with Crippen molar-refractivity contribution in [3.63, 3.8) is 0 Å². The van der Waals surface area contributed by atoms with E-state index in [0.29, 0.717) is 0 Å². The summed E-state index contributed by atoms with van der Waals surface area (Å²) >= 11 is 4.04. The van der Waals surface area contributed by atoms with E-state index in [2.05, 4.69) is 19.2 Å². The van der Waals surface area contributed by atoms with Gasteiger partial charge in [0.1, 0.15) is 0 Å². The molecule has 0 saturated carbocycles. The van der Waals surface area contributed by atoms with Gasteiger partial charge < -0.3 is 5.32 Å². The van der Waals surface area contributed by atoms with Crippen LogP contribution in [-0.4, -0.2) is 36.1 Å². The second-order valence-electron chi connectivity index (χ2n) is 2.50. The Bertz CT molecular complexity index is 68.9. The molecule has 0 amide bonds. The molecule has 3 heteroatoms. The summed E-state index contributed by atoms with van der Waals surface area (Å²) in [5.74, 6) is 5.07. The van der Waals surface area contributed by atoms with Crippen LogP contribution >= 0.6 is 23.5 Å². The fraction of sp³-hybridized carbons (Fsp3) is 1.00. The monoisotopic (exact) mass is 207 g/mol. The lowest BCUT2D eigenvalue weighted by atomic mass is 10.5. The van der Waals surface area contributed by atoms with Crippen LogP contribution in [0.3, 0.4) is 0 Å². The first-order chi connectivity index (χ1) is 5.91. The Balaban J connectivity index is 2.73. The van der Waals surface area contributed by atoms with Crippen LogP contribution in [0.1, 0.15) is 20.3 Å². The zero-order valence-corrected chi connectivity index (χ0v) is 9.90. The van der Waals surface area contributed by atoms with Gasteiger partial charge in [0.25, 0.3) is 0 Å². The number of hydrogen-bond acceptors (Lipinski definition) is 3. The summed E-state index contributed by atoms with van der Waals surface area (Å²) in [7, 11) is 0. The first-order valence-electron chi connectivity index (χ1n) is 4.78. The standard InChI is InChI=1S/C9H21NS2/c1-3-11-8-5-6-10-7-9-12-4-2/h10H,3-9H2,1-2H3. The van der Waals surface area contributed by atoms with Crippen LogP contribution in [0.25, 0.3) is 0 Å². The molecule has 0 aliphatic rings. The van der Waals surface area contributed by atoms with Crippen LogP contribution in [0.4, 0.5) is 0 Å². The number of nitrogens with one attached hydrogen (secondary N) is 1. The smallest absolute Gasteiger partial charge is 0.00579 e. The first-order valence-corrected chi connectivity index (χ1v) is 7.09. The van der Waals surface area contributed by atoms with E-state index in [1.54, 1.807) is 0 Å². The molecule has 0 unspecified atom stereocenters. The molecule has 0 atom stereocenters. The van der Waals surface area contributed by atoms with Crippen molar-refractivity contribution in [3.8, 4) is 0 Å². The molecule has 0 fully saturated rings. The average Bonchev–Trinajstić information content (AvgIpc) is 2.10. The molecule has 0 aromatic rings. The van der Waals surface area contributed by atoms with Crippen molar-refractivity contribution >= 4 is 23.5 Å². The molecule has 1 N–H and O–H groups in total. The first kappa shape index (κ1) is 12.7. The molecule has 1 nitrogen and oxygen atoms in total. The van der Waals surface area contributed by atoms with Crippen molar-refractivity contribution in [2.45, 2.75) is 20.3 Å². The summed E-state index contributed by atoms with van der Waals surface area (Å²) in [5, 5.41) is 3.44. The second kappa shape index (κ2) is 11.7. The molecule has 0 rings (SSSR count). The molecule has 0 spiro atoms. The molecule has 0 bridgehead atoms. The van der Waals surface area contributed by atoms with Crippen LogP contribution in [0.15, 0.2) is 0 Å². The largest absolute Gasteiger partial charge is 0.316 e. The highest BCUT2D eigenvalue weighted by Gasteiger charge is 1.88. The van der Waals surface area contributed by atoms with Crippen molar-refractivity contribution in [3.05, 3.63) is 0 Å².